The number of nitrogens with zero attached hydrogens (tertiary/aromatic N) is 2. The molecule has 1 unspecified atom stereocenters. The lowest BCUT2D eigenvalue weighted by atomic mass is 10.1. The highest BCUT2D eigenvalue weighted by Crippen LogP contribution is 2.21. The molecule has 0 aliphatic carbocycles. The summed E-state index contributed by atoms with van der Waals surface area (Å²) in [6.45, 7) is 7.09. The average Bonchev–Trinajstić information content (AvgIpc) is 2.77. The Balaban J connectivity index is 0.00000320. The van der Waals surface area contributed by atoms with E-state index in [1.54, 1.807) is 6.07 Å². The Kier molecular flexibility index (Phi) is 12.4. The molecule has 1 N–H and O–H groups in total. The highest BCUT2D eigenvalue weighted by Gasteiger charge is 2.23. The summed E-state index contributed by atoms with van der Waals surface area (Å²) >= 11 is 1.51. The van der Waals surface area contributed by atoms with Crippen LogP contribution in [0.4, 0.5) is 4.39 Å². The monoisotopic (exact) mass is 551 g/mol. The maximum atomic E-state index is 13.7. The minimum atomic E-state index is -0.158. The minimum absolute atomic E-state index is 0. The number of hydrogen-bond acceptors (Lipinski definition) is 4. The van der Waals surface area contributed by atoms with Crippen LogP contribution in [0, 0.1) is 5.82 Å². The van der Waals surface area contributed by atoms with Crippen LogP contribution in [-0.4, -0.2) is 68.2 Å². The van der Waals surface area contributed by atoms with Gasteiger partial charge in [0.1, 0.15) is 5.82 Å². The van der Waals surface area contributed by atoms with Crippen LogP contribution in [0.15, 0.2) is 34.2 Å². The van der Waals surface area contributed by atoms with Gasteiger partial charge >= 0.3 is 0 Å². The Morgan fingerprint density at radius 2 is 2.07 bits per heavy atom. The van der Waals surface area contributed by atoms with Gasteiger partial charge in [0.05, 0.1) is 25.4 Å². The molecular formula is C22H35FIN3O2S. The number of likely N-dealkylation sites (tertiary alicyclic amines) is 1. The van der Waals surface area contributed by atoms with Crippen LogP contribution in [0.2, 0.25) is 0 Å². The highest BCUT2D eigenvalue weighted by molar-refractivity contribution is 14.0. The molecule has 0 bridgehead atoms. The van der Waals surface area contributed by atoms with E-state index in [9.17, 15) is 4.39 Å². The summed E-state index contributed by atoms with van der Waals surface area (Å²) in [5.74, 6) is 1.56. The molecule has 0 amide bonds. The van der Waals surface area contributed by atoms with Crippen molar-refractivity contribution < 1.29 is 13.9 Å². The fraction of sp³-hybridized carbons (Fsp3) is 0.682. The number of thioether (sulfide) groups is 1. The van der Waals surface area contributed by atoms with E-state index in [4.69, 9.17) is 14.5 Å². The largest absolute Gasteiger partial charge is 0.376 e. The average molecular weight is 552 g/mol. The van der Waals surface area contributed by atoms with Crippen LogP contribution in [0.1, 0.15) is 39.0 Å². The molecule has 2 aliphatic rings. The lowest BCUT2D eigenvalue weighted by molar-refractivity contribution is -0.0721. The van der Waals surface area contributed by atoms with E-state index < -0.39 is 0 Å². The van der Waals surface area contributed by atoms with Crippen molar-refractivity contribution in [2.24, 2.45) is 4.99 Å². The van der Waals surface area contributed by atoms with Gasteiger partial charge in [0.15, 0.2) is 5.96 Å². The first-order chi connectivity index (χ1) is 14.3. The van der Waals surface area contributed by atoms with Gasteiger partial charge in [-0.15, -0.1) is 35.7 Å². The molecule has 1 aromatic rings. The third-order valence-electron chi connectivity index (χ3n) is 5.32. The first kappa shape index (κ1) is 25.7. The third kappa shape index (κ3) is 8.51. The van der Waals surface area contributed by atoms with Gasteiger partial charge in [-0.05, 0) is 51.2 Å². The lowest BCUT2D eigenvalue weighted by Gasteiger charge is -2.35. The first-order valence-electron chi connectivity index (χ1n) is 10.9. The third-order valence-corrected chi connectivity index (χ3v) is 6.34. The molecule has 2 aliphatic heterocycles. The van der Waals surface area contributed by atoms with Gasteiger partial charge in [0.25, 0.3) is 0 Å². The maximum Gasteiger partial charge on any atom is 0.193 e. The summed E-state index contributed by atoms with van der Waals surface area (Å²) in [5, 5.41) is 3.39. The highest BCUT2D eigenvalue weighted by atomic mass is 127. The number of nitrogens with one attached hydrogen (secondary N) is 1. The second-order valence-corrected chi connectivity index (χ2v) is 8.66. The van der Waals surface area contributed by atoms with E-state index in [1.807, 2.05) is 12.1 Å². The number of guanidine groups is 1. The molecule has 5 nitrogen and oxygen atoms in total. The van der Waals surface area contributed by atoms with Gasteiger partial charge in [-0.3, -0.25) is 4.99 Å². The zero-order valence-electron chi connectivity index (χ0n) is 17.9. The van der Waals surface area contributed by atoms with Gasteiger partial charge in [0.2, 0.25) is 0 Å². The minimum Gasteiger partial charge on any atom is -0.376 e. The molecule has 2 heterocycles. The second kappa shape index (κ2) is 14.5. The summed E-state index contributed by atoms with van der Waals surface area (Å²) in [6, 6.07) is 6.90. The predicted octanol–water partition coefficient (Wildman–Crippen LogP) is 4.55. The van der Waals surface area contributed by atoms with Crippen LogP contribution in [-0.2, 0) is 9.47 Å². The summed E-state index contributed by atoms with van der Waals surface area (Å²) in [4.78, 5) is 7.76. The van der Waals surface area contributed by atoms with Crippen LogP contribution in [0.5, 0.6) is 0 Å². The van der Waals surface area contributed by atoms with Gasteiger partial charge in [-0.1, -0.05) is 12.1 Å². The molecule has 8 heteroatoms. The topological polar surface area (TPSA) is 46.1 Å². The number of rotatable bonds is 8. The van der Waals surface area contributed by atoms with Gasteiger partial charge in [0, 0.05) is 36.9 Å². The molecule has 170 valence electrons. The number of ether oxygens (including phenoxy) is 2. The molecule has 0 aromatic heterocycles. The number of hydrogen-bond donors (Lipinski definition) is 1. The lowest BCUT2D eigenvalue weighted by Crippen LogP contribution is -2.47. The molecule has 3 rings (SSSR count). The van der Waals surface area contributed by atoms with E-state index in [0.29, 0.717) is 17.5 Å². The molecule has 0 radical (unpaired) electrons. The van der Waals surface area contributed by atoms with Crippen molar-refractivity contribution in [3.05, 3.63) is 30.1 Å². The SMILES string of the molecule is CCNC(=NCCSc1ccccc1F)N1CCC(OCC2CCCCO2)CC1.I. The smallest absolute Gasteiger partial charge is 0.193 e. The Hall–Kier alpha value is -0.580. The second-order valence-electron chi connectivity index (χ2n) is 7.52. The molecule has 0 spiro atoms. The van der Waals surface area contributed by atoms with Crippen molar-refractivity contribution in [1.29, 1.82) is 0 Å². The zero-order chi connectivity index (χ0) is 20.3. The Morgan fingerprint density at radius 3 is 2.77 bits per heavy atom. The van der Waals surface area contributed by atoms with Crippen molar-refractivity contribution in [3.8, 4) is 0 Å². The van der Waals surface area contributed by atoms with Crippen molar-refractivity contribution >= 4 is 41.7 Å². The van der Waals surface area contributed by atoms with E-state index in [0.717, 1.165) is 63.8 Å². The van der Waals surface area contributed by atoms with Crippen molar-refractivity contribution in [1.82, 2.24) is 10.2 Å². The molecule has 0 saturated carbocycles. The molecule has 1 aromatic carbocycles. The normalized spacial score (nSPS) is 20.7. The number of benzene rings is 1. The molecule has 2 fully saturated rings. The molecule has 1 atom stereocenters. The quantitative estimate of drug-likeness (QED) is 0.169. The summed E-state index contributed by atoms with van der Waals surface area (Å²) < 4.78 is 25.6. The Morgan fingerprint density at radius 1 is 1.27 bits per heavy atom. The summed E-state index contributed by atoms with van der Waals surface area (Å²) in [7, 11) is 0. The maximum absolute atomic E-state index is 13.7. The summed E-state index contributed by atoms with van der Waals surface area (Å²) in [6.07, 6.45) is 6.19. The number of halogens is 2. The molecule has 2 saturated heterocycles. The Bertz CT molecular complexity index is 639. The summed E-state index contributed by atoms with van der Waals surface area (Å²) in [5.41, 5.74) is 0. The van der Waals surface area contributed by atoms with E-state index >= 15 is 0 Å². The van der Waals surface area contributed by atoms with Gasteiger partial charge < -0.3 is 19.7 Å². The first-order valence-corrected chi connectivity index (χ1v) is 11.9. The van der Waals surface area contributed by atoms with Crippen LogP contribution in [0.3, 0.4) is 0 Å². The molecular weight excluding hydrogens is 516 g/mol. The Labute approximate surface area is 201 Å². The van der Waals surface area contributed by atoms with Gasteiger partial charge in [-0.2, -0.15) is 0 Å². The van der Waals surface area contributed by atoms with Crippen molar-refractivity contribution in [2.45, 2.75) is 56.1 Å². The fourth-order valence-corrected chi connectivity index (χ4v) is 4.49. The van der Waals surface area contributed by atoms with Gasteiger partial charge in [-0.25, -0.2) is 4.39 Å². The standard InChI is InChI=1S/C22H34FN3O2S.HI/c1-2-24-22(25-12-16-29-21-9-4-3-8-20(21)23)26-13-10-18(11-14-26)28-17-19-7-5-6-15-27-19;/h3-4,8-9,18-19H,2,5-7,10-17H2,1H3,(H,24,25);1H. The van der Waals surface area contributed by atoms with E-state index in [-0.39, 0.29) is 35.9 Å². The van der Waals surface area contributed by atoms with Crippen molar-refractivity contribution in [2.75, 3.05) is 45.1 Å². The van der Waals surface area contributed by atoms with Crippen LogP contribution in [0.25, 0.3) is 0 Å². The van der Waals surface area contributed by atoms with E-state index in [2.05, 4.69) is 17.1 Å². The van der Waals surface area contributed by atoms with Crippen molar-refractivity contribution in [3.63, 3.8) is 0 Å². The van der Waals surface area contributed by atoms with Crippen LogP contribution < -0.4 is 5.32 Å². The number of aliphatic imine (C=N–C) groups is 1. The van der Waals surface area contributed by atoms with Crippen LogP contribution >= 0.6 is 35.7 Å². The van der Waals surface area contributed by atoms with E-state index in [1.165, 1.54) is 30.7 Å². The predicted molar refractivity (Wildman–Crippen MR) is 133 cm³/mol. The molecule has 30 heavy (non-hydrogen) atoms. The zero-order valence-corrected chi connectivity index (χ0v) is 21.0. The fourth-order valence-electron chi connectivity index (χ4n) is 3.71. The number of piperidine rings is 1.